The zero-order valence-electron chi connectivity index (χ0n) is 16.0. The maximum Gasteiger partial charge on any atom is 0.410 e. The molecule has 0 bridgehead atoms. The summed E-state index contributed by atoms with van der Waals surface area (Å²) < 4.78 is 43.1. The molecule has 4 rings (SSSR count). The molecular weight excluding hydrogens is 373 g/mol. The first-order valence-corrected chi connectivity index (χ1v) is 9.39. The van der Waals surface area contributed by atoms with E-state index in [9.17, 15) is 18.0 Å². The number of likely N-dealkylation sites (tertiary alicyclic amines) is 1. The van der Waals surface area contributed by atoms with Crippen LogP contribution in [0.3, 0.4) is 0 Å². The Morgan fingerprint density at radius 2 is 2.11 bits per heavy atom. The second-order valence-electron chi connectivity index (χ2n) is 7.66. The fourth-order valence-electron chi connectivity index (χ4n) is 4.12. The van der Waals surface area contributed by atoms with Crippen molar-refractivity contribution in [1.29, 1.82) is 0 Å². The van der Waals surface area contributed by atoms with E-state index in [1.54, 1.807) is 29.6 Å². The van der Waals surface area contributed by atoms with Crippen LogP contribution in [-0.2, 0) is 7.05 Å². The first-order valence-electron chi connectivity index (χ1n) is 9.39. The van der Waals surface area contributed by atoms with Crippen molar-refractivity contribution in [2.75, 3.05) is 11.9 Å². The summed E-state index contributed by atoms with van der Waals surface area (Å²) in [6, 6.07) is -0.640. The molecule has 1 amide bonds. The Bertz CT molecular complexity index is 902. The van der Waals surface area contributed by atoms with Crippen molar-refractivity contribution in [3.8, 4) is 0 Å². The summed E-state index contributed by atoms with van der Waals surface area (Å²) in [5.74, 6) is 0.195. The molecule has 0 spiro atoms. The SMILES string of the molecule is Cc1c(C(=O)N2CCC[C@@H]2c2cc3n(n2)[C@@H](C(F)(F)F)C[C@@H](C)N3)cnn1C. The number of anilines is 1. The number of amides is 1. The van der Waals surface area contributed by atoms with Crippen molar-refractivity contribution >= 4 is 11.7 Å². The van der Waals surface area contributed by atoms with Crippen molar-refractivity contribution in [3.63, 3.8) is 0 Å². The molecule has 0 unspecified atom stereocenters. The Balaban J connectivity index is 1.66. The first kappa shape index (κ1) is 18.8. The number of nitrogens with zero attached hydrogens (tertiary/aromatic N) is 5. The van der Waals surface area contributed by atoms with E-state index in [0.29, 0.717) is 30.0 Å². The smallest absolute Gasteiger partial charge is 0.368 e. The van der Waals surface area contributed by atoms with Gasteiger partial charge in [-0.3, -0.25) is 9.48 Å². The molecule has 2 aliphatic rings. The molecule has 0 saturated carbocycles. The van der Waals surface area contributed by atoms with Gasteiger partial charge in [0.05, 0.1) is 23.5 Å². The number of alkyl halides is 3. The van der Waals surface area contributed by atoms with Crippen LogP contribution in [-0.4, -0.2) is 49.1 Å². The number of nitrogens with one attached hydrogen (secondary N) is 1. The number of carbonyl (C=O) groups is 1. The molecular formula is C18H23F3N6O. The molecule has 4 heterocycles. The highest BCUT2D eigenvalue weighted by atomic mass is 19.4. The lowest BCUT2D eigenvalue weighted by Gasteiger charge is -2.31. The molecule has 2 aromatic rings. The van der Waals surface area contributed by atoms with Gasteiger partial charge in [-0.05, 0) is 33.1 Å². The third-order valence-electron chi connectivity index (χ3n) is 5.72. The van der Waals surface area contributed by atoms with Gasteiger partial charge in [0, 0.05) is 31.4 Å². The lowest BCUT2D eigenvalue weighted by atomic mass is 10.1. The Kier molecular flexibility index (Phi) is 4.39. The van der Waals surface area contributed by atoms with Crippen LogP contribution in [0.2, 0.25) is 0 Å². The van der Waals surface area contributed by atoms with Crippen molar-refractivity contribution in [2.24, 2.45) is 7.05 Å². The normalized spacial score (nSPS) is 24.9. The van der Waals surface area contributed by atoms with Gasteiger partial charge in [0.2, 0.25) is 0 Å². The van der Waals surface area contributed by atoms with Crippen LogP contribution >= 0.6 is 0 Å². The molecule has 0 radical (unpaired) electrons. The molecule has 1 saturated heterocycles. The highest BCUT2D eigenvalue weighted by Crippen LogP contribution is 2.41. The van der Waals surface area contributed by atoms with E-state index < -0.39 is 12.2 Å². The van der Waals surface area contributed by atoms with E-state index in [-0.39, 0.29) is 24.4 Å². The number of carbonyl (C=O) groups excluding carboxylic acids is 1. The lowest BCUT2D eigenvalue weighted by molar-refractivity contribution is -0.173. The van der Waals surface area contributed by atoms with Gasteiger partial charge >= 0.3 is 6.18 Å². The van der Waals surface area contributed by atoms with E-state index in [1.807, 2.05) is 6.92 Å². The molecule has 7 nitrogen and oxygen atoms in total. The average molecular weight is 396 g/mol. The van der Waals surface area contributed by atoms with Gasteiger partial charge in [-0.2, -0.15) is 23.4 Å². The van der Waals surface area contributed by atoms with Crippen LogP contribution in [0.25, 0.3) is 0 Å². The van der Waals surface area contributed by atoms with E-state index in [4.69, 9.17) is 0 Å². The molecule has 152 valence electrons. The van der Waals surface area contributed by atoms with Crippen molar-refractivity contribution < 1.29 is 18.0 Å². The van der Waals surface area contributed by atoms with Gasteiger partial charge in [-0.15, -0.1) is 0 Å². The first-order chi connectivity index (χ1) is 13.2. The van der Waals surface area contributed by atoms with Crippen molar-refractivity contribution in [3.05, 3.63) is 29.2 Å². The second kappa shape index (κ2) is 6.52. The minimum Gasteiger partial charge on any atom is -0.368 e. The fraction of sp³-hybridized carbons (Fsp3) is 0.611. The molecule has 0 aromatic carbocycles. The molecule has 2 aromatic heterocycles. The average Bonchev–Trinajstić information content (AvgIpc) is 3.32. The van der Waals surface area contributed by atoms with Crippen molar-refractivity contribution in [1.82, 2.24) is 24.5 Å². The number of hydrogen-bond donors (Lipinski definition) is 1. The largest absolute Gasteiger partial charge is 0.410 e. The van der Waals surface area contributed by atoms with Crippen molar-refractivity contribution in [2.45, 2.75) is 57.4 Å². The summed E-state index contributed by atoms with van der Waals surface area (Å²) in [4.78, 5) is 14.7. The molecule has 10 heteroatoms. The Morgan fingerprint density at radius 1 is 1.36 bits per heavy atom. The van der Waals surface area contributed by atoms with E-state index in [2.05, 4.69) is 15.5 Å². The topological polar surface area (TPSA) is 68.0 Å². The summed E-state index contributed by atoms with van der Waals surface area (Å²) in [5.41, 5.74) is 1.77. The second-order valence-corrected chi connectivity index (χ2v) is 7.66. The number of aryl methyl sites for hydroxylation is 1. The quantitative estimate of drug-likeness (QED) is 0.847. The third-order valence-corrected chi connectivity index (χ3v) is 5.72. The minimum atomic E-state index is -4.37. The molecule has 0 aliphatic carbocycles. The van der Waals surface area contributed by atoms with Gasteiger partial charge in [-0.25, -0.2) is 4.68 Å². The Hall–Kier alpha value is -2.52. The van der Waals surface area contributed by atoms with Gasteiger partial charge in [0.25, 0.3) is 5.91 Å². The third kappa shape index (κ3) is 3.04. The summed E-state index contributed by atoms with van der Waals surface area (Å²) in [5, 5.41) is 11.5. The maximum atomic E-state index is 13.5. The summed E-state index contributed by atoms with van der Waals surface area (Å²) >= 11 is 0. The highest BCUT2D eigenvalue weighted by molar-refractivity contribution is 5.95. The molecule has 2 aliphatic heterocycles. The molecule has 1 fully saturated rings. The van der Waals surface area contributed by atoms with Gasteiger partial charge in [0.15, 0.2) is 6.04 Å². The van der Waals surface area contributed by atoms with Crippen LogP contribution < -0.4 is 5.32 Å². The fourth-order valence-corrected chi connectivity index (χ4v) is 4.12. The molecule has 3 atom stereocenters. The monoisotopic (exact) mass is 396 g/mol. The van der Waals surface area contributed by atoms with Crippen LogP contribution in [0.4, 0.5) is 19.0 Å². The number of rotatable bonds is 2. The van der Waals surface area contributed by atoms with Crippen LogP contribution in [0.15, 0.2) is 12.3 Å². The standard InChI is InChI=1S/C18H23F3N6O/c1-10-7-15(18(19,20)21)27-16(23-10)8-13(24-27)14-5-4-6-26(14)17(28)12-9-22-25(3)11(12)2/h8-10,14-15,23H,4-7H2,1-3H3/t10-,14-,15-/m1/s1. The molecule has 28 heavy (non-hydrogen) atoms. The summed E-state index contributed by atoms with van der Waals surface area (Å²) in [7, 11) is 1.77. The Morgan fingerprint density at radius 3 is 2.75 bits per heavy atom. The van der Waals surface area contributed by atoms with E-state index >= 15 is 0 Å². The summed E-state index contributed by atoms with van der Waals surface area (Å²) in [6.07, 6.45) is -1.45. The minimum absolute atomic E-state index is 0.0696. The van der Waals surface area contributed by atoms with Crippen LogP contribution in [0, 0.1) is 6.92 Å². The number of fused-ring (bicyclic) bond motifs is 1. The lowest BCUT2D eigenvalue weighted by Crippen LogP contribution is -2.38. The van der Waals surface area contributed by atoms with Gasteiger partial charge < -0.3 is 10.2 Å². The molecule has 1 N–H and O–H groups in total. The Labute approximate surface area is 160 Å². The van der Waals surface area contributed by atoms with Crippen LogP contribution in [0.1, 0.15) is 60.0 Å². The number of aromatic nitrogens is 4. The van der Waals surface area contributed by atoms with Crippen LogP contribution in [0.5, 0.6) is 0 Å². The van der Waals surface area contributed by atoms with E-state index in [0.717, 1.165) is 16.8 Å². The van der Waals surface area contributed by atoms with Gasteiger partial charge in [0.1, 0.15) is 5.82 Å². The zero-order chi connectivity index (χ0) is 20.2. The number of halogens is 3. The predicted octanol–water partition coefficient (Wildman–Crippen LogP) is 3.21. The van der Waals surface area contributed by atoms with E-state index in [1.165, 1.54) is 6.20 Å². The highest BCUT2D eigenvalue weighted by Gasteiger charge is 2.46. The predicted molar refractivity (Wildman–Crippen MR) is 96.0 cm³/mol. The summed E-state index contributed by atoms with van der Waals surface area (Å²) in [6.45, 7) is 4.10. The van der Waals surface area contributed by atoms with Gasteiger partial charge in [-0.1, -0.05) is 0 Å². The maximum absolute atomic E-state index is 13.5. The zero-order valence-corrected chi connectivity index (χ0v) is 16.0. The number of hydrogen-bond acceptors (Lipinski definition) is 4.